The summed E-state index contributed by atoms with van der Waals surface area (Å²) in [6, 6.07) is 15.1. The van der Waals surface area contributed by atoms with Crippen LogP contribution in [0.3, 0.4) is 0 Å². The van der Waals surface area contributed by atoms with Gasteiger partial charge in [-0.1, -0.05) is 76.9 Å². The highest BCUT2D eigenvalue weighted by molar-refractivity contribution is 7.96. The van der Waals surface area contributed by atoms with Gasteiger partial charge in [0.05, 0.1) is 11.2 Å². The van der Waals surface area contributed by atoms with Gasteiger partial charge in [-0.2, -0.15) is 8.42 Å². The van der Waals surface area contributed by atoms with Gasteiger partial charge in [-0.05, 0) is 12.1 Å². The van der Waals surface area contributed by atoms with E-state index < -0.39 is 29.3 Å². The van der Waals surface area contributed by atoms with Crippen LogP contribution < -0.4 is 0 Å². The molecular weight excluding hydrogens is 409 g/mol. The number of hydrogen-bond donors (Lipinski definition) is 0. The van der Waals surface area contributed by atoms with Crippen molar-refractivity contribution in [1.82, 2.24) is 0 Å². The standard InChI is InChI=1S/C15H13Cl2NO5S2/c1-24(19,20)23-18-14(12-8-4-2-5-9-12)15(16,17)25(21,22)13-10-6-3-7-11-13/h2-11H,1H3. The first kappa shape index (κ1) is 19.7. The van der Waals surface area contributed by atoms with Gasteiger partial charge in [0, 0.05) is 5.56 Å². The first-order valence-corrected chi connectivity index (χ1v) is 10.8. The molecule has 0 bridgehead atoms. The molecule has 0 aliphatic heterocycles. The van der Waals surface area contributed by atoms with E-state index in [0.29, 0.717) is 0 Å². The van der Waals surface area contributed by atoms with E-state index in [9.17, 15) is 16.8 Å². The Labute approximate surface area is 156 Å². The summed E-state index contributed by atoms with van der Waals surface area (Å²) in [5.74, 6) is 0. The second kappa shape index (κ2) is 7.33. The number of benzene rings is 2. The normalized spacial score (nSPS) is 13.5. The van der Waals surface area contributed by atoms with Crippen molar-refractivity contribution < 1.29 is 21.1 Å². The first-order valence-electron chi connectivity index (χ1n) is 6.76. The predicted molar refractivity (Wildman–Crippen MR) is 97.0 cm³/mol. The number of rotatable bonds is 6. The van der Waals surface area contributed by atoms with Gasteiger partial charge in [0.15, 0.2) is 0 Å². The van der Waals surface area contributed by atoms with Crippen LogP contribution >= 0.6 is 23.2 Å². The van der Waals surface area contributed by atoms with Gasteiger partial charge < -0.3 is 0 Å². The van der Waals surface area contributed by atoms with Gasteiger partial charge in [0.1, 0.15) is 5.71 Å². The molecule has 2 aromatic rings. The average molecular weight is 422 g/mol. The van der Waals surface area contributed by atoms with Gasteiger partial charge in [-0.3, -0.25) is 4.28 Å². The van der Waals surface area contributed by atoms with Crippen LogP contribution in [-0.4, -0.2) is 32.5 Å². The van der Waals surface area contributed by atoms with Crippen molar-refractivity contribution in [1.29, 1.82) is 0 Å². The molecule has 0 aromatic heterocycles. The van der Waals surface area contributed by atoms with E-state index in [1.807, 2.05) is 0 Å². The zero-order valence-corrected chi connectivity index (χ0v) is 16.0. The third-order valence-corrected chi connectivity index (χ3v) is 6.66. The lowest BCUT2D eigenvalue weighted by Gasteiger charge is -2.21. The smallest absolute Gasteiger partial charge is 0.268 e. The SMILES string of the molecule is CS(=O)(=O)ON=C(c1ccccc1)C(Cl)(Cl)S(=O)(=O)c1ccccc1. The van der Waals surface area contributed by atoms with Crippen molar-refractivity contribution in [3.63, 3.8) is 0 Å². The molecule has 10 heteroatoms. The molecule has 0 heterocycles. The van der Waals surface area contributed by atoms with E-state index in [-0.39, 0.29) is 10.5 Å². The Morgan fingerprint density at radius 3 is 1.88 bits per heavy atom. The van der Waals surface area contributed by atoms with Crippen molar-refractivity contribution in [3.8, 4) is 0 Å². The van der Waals surface area contributed by atoms with Crippen LogP contribution in [-0.2, 0) is 24.2 Å². The zero-order valence-electron chi connectivity index (χ0n) is 12.8. The molecule has 0 saturated carbocycles. The van der Waals surface area contributed by atoms with E-state index in [0.717, 1.165) is 6.26 Å². The Bertz CT molecular complexity index is 973. The van der Waals surface area contributed by atoms with Crippen LogP contribution in [0.5, 0.6) is 0 Å². The van der Waals surface area contributed by atoms with E-state index in [1.165, 1.54) is 36.4 Å². The van der Waals surface area contributed by atoms with Crippen molar-refractivity contribution >= 4 is 48.9 Å². The Balaban J connectivity index is 2.64. The monoisotopic (exact) mass is 421 g/mol. The fourth-order valence-corrected chi connectivity index (χ4v) is 4.10. The lowest BCUT2D eigenvalue weighted by Crippen LogP contribution is -2.36. The fourth-order valence-electron chi connectivity index (χ4n) is 1.85. The molecule has 2 rings (SSSR count). The summed E-state index contributed by atoms with van der Waals surface area (Å²) in [6.07, 6.45) is 0.759. The minimum absolute atomic E-state index is 0.150. The second-order valence-electron chi connectivity index (χ2n) is 4.92. The molecule has 0 fully saturated rings. The molecule has 134 valence electrons. The lowest BCUT2D eigenvalue weighted by molar-refractivity contribution is 0.342. The van der Waals surface area contributed by atoms with E-state index in [1.54, 1.807) is 24.3 Å². The summed E-state index contributed by atoms with van der Waals surface area (Å²) in [5, 5.41) is 3.41. The maximum Gasteiger partial charge on any atom is 0.325 e. The van der Waals surface area contributed by atoms with E-state index >= 15 is 0 Å². The van der Waals surface area contributed by atoms with Crippen LogP contribution in [0.15, 0.2) is 70.7 Å². The summed E-state index contributed by atoms with van der Waals surface area (Å²) in [4.78, 5) is -0.150. The molecule has 0 N–H and O–H groups in total. The maximum atomic E-state index is 12.8. The number of oxime groups is 1. The number of nitrogens with zero attached hydrogens (tertiary/aromatic N) is 1. The van der Waals surface area contributed by atoms with Crippen LogP contribution in [0.4, 0.5) is 0 Å². The van der Waals surface area contributed by atoms with Crippen molar-refractivity contribution in [2.45, 2.75) is 8.56 Å². The lowest BCUT2D eigenvalue weighted by atomic mass is 10.1. The third kappa shape index (κ3) is 4.52. The van der Waals surface area contributed by atoms with Gasteiger partial charge in [-0.25, -0.2) is 8.42 Å². The molecule has 6 nitrogen and oxygen atoms in total. The zero-order chi connectivity index (χ0) is 18.7. The fraction of sp³-hybridized carbons (Fsp3) is 0.133. The average Bonchev–Trinajstić information content (AvgIpc) is 2.55. The van der Waals surface area contributed by atoms with Crippen LogP contribution in [0.25, 0.3) is 0 Å². The van der Waals surface area contributed by atoms with Crippen LogP contribution in [0.1, 0.15) is 5.56 Å². The number of halogens is 2. The summed E-state index contributed by atoms with van der Waals surface area (Å²) < 4.78 is 50.0. The molecule has 25 heavy (non-hydrogen) atoms. The minimum atomic E-state index is -4.33. The Hall–Kier alpha value is -1.61. The summed E-state index contributed by atoms with van der Waals surface area (Å²) in [7, 11) is -8.33. The predicted octanol–water partition coefficient (Wildman–Crippen LogP) is 2.97. The highest BCUT2D eigenvalue weighted by Gasteiger charge is 2.47. The highest BCUT2D eigenvalue weighted by Crippen LogP contribution is 2.37. The summed E-state index contributed by atoms with van der Waals surface area (Å²) in [6.45, 7) is 0. The van der Waals surface area contributed by atoms with Crippen molar-refractivity contribution in [2.24, 2.45) is 5.16 Å². The second-order valence-corrected chi connectivity index (χ2v) is 10.3. The summed E-state index contributed by atoms with van der Waals surface area (Å²) >= 11 is 12.3. The number of hydrogen-bond acceptors (Lipinski definition) is 6. The molecule has 0 saturated heterocycles. The van der Waals surface area contributed by atoms with Gasteiger partial charge in [-0.15, -0.1) is 0 Å². The number of sulfone groups is 1. The molecule has 0 atom stereocenters. The molecular formula is C15H13Cl2NO5S2. The molecule has 0 amide bonds. The minimum Gasteiger partial charge on any atom is -0.268 e. The molecule has 0 unspecified atom stereocenters. The Morgan fingerprint density at radius 1 is 0.920 bits per heavy atom. The topological polar surface area (TPSA) is 89.9 Å². The Morgan fingerprint density at radius 2 is 1.40 bits per heavy atom. The third-order valence-electron chi connectivity index (χ3n) is 2.98. The largest absolute Gasteiger partial charge is 0.325 e. The quantitative estimate of drug-likeness (QED) is 0.406. The molecule has 0 aliphatic rings. The van der Waals surface area contributed by atoms with Gasteiger partial charge in [0.25, 0.3) is 3.67 Å². The molecule has 0 aliphatic carbocycles. The van der Waals surface area contributed by atoms with Crippen molar-refractivity contribution in [3.05, 3.63) is 66.2 Å². The Kier molecular flexibility index (Phi) is 5.78. The molecule has 0 spiro atoms. The van der Waals surface area contributed by atoms with Crippen LogP contribution in [0.2, 0.25) is 0 Å². The molecule has 2 aromatic carbocycles. The van der Waals surface area contributed by atoms with E-state index in [4.69, 9.17) is 23.2 Å². The van der Waals surface area contributed by atoms with Gasteiger partial charge >= 0.3 is 10.1 Å². The van der Waals surface area contributed by atoms with Gasteiger partial charge in [0.2, 0.25) is 9.84 Å². The van der Waals surface area contributed by atoms with Crippen LogP contribution in [0, 0.1) is 0 Å². The van der Waals surface area contributed by atoms with Crippen molar-refractivity contribution in [2.75, 3.05) is 6.26 Å². The number of alkyl halides is 2. The molecule has 0 radical (unpaired) electrons. The summed E-state index contributed by atoms with van der Waals surface area (Å²) in [5.41, 5.74) is -0.277. The first-order chi connectivity index (χ1) is 11.6. The highest BCUT2D eigenvalue weighted by atomic mass is 35.5. The maximum absolute atomic E-state index is 12.8. The van der Waals surface area contributed by atoms with E-state index in [2.05, 4.69) is 9.44 Å².